The minimum Gasteiger partial charge on any atom is -0.476 e. The van der Waals surface area contributed by atoms with Crippen LogP contribution in [0.3, 0.4) is 0 Å². The third-order valence-corrected chi connectivity index (χ3v) is 1.81. The van der Waals surface area contributed by atoms with E-state index in [0.29, 0.717) is 12.3 Å². The van der Waals surface area contributed by atoms with Crippen LogP contribution in [0.2, 0.25) is 0 Å². The van der Waals surface area contributed by atoms with Crippen LogP contribution in [0.1, 0.15) is 29.6 Å². The number of carboxylic acid groups (broad SMARTS) is 1. The molecule has 0 unspecified atom stereocenters. The third-order valence-electron chi connectivity index (χ3n) is 1.81. The number of hydrogen-bond donors (Lipinski definition) is 1. The van der Waals surface area contributed by atoms with E-state index in [9.17, 15) is 4.79 Å². The van der Waals surface area contributed by atoms with Crippen molar-refractivity contribution in [1.29, 1.82) is 0 Å². The largest absolute Gasteiger partial charge is 0.476 e. The predicted octanol–water partition coefficient (Wildman–Crippen LogP) is 1.21. The van der Waals surface area contributed by atoms with E-state index in [1.54, 1.807) is 0 Å². The van der Waals surface area contributed by atoms with Crippen molar-refractivity contribution in [1.82, 2.24) is 10.1 Å². The molecular formula is C9H14N2O3. The van der Waals surface area contributed by atoms with Crippen LogP contribution in [0.25, 0.3) is 0 Å². The highest BCUT2D eigenvalue weighted by Gasteiger charge is 2.11. The Hall–Kier alpha value is -1.36. The highest BCUT2D eigenvalue weighted by Crippen LogP contribution is 2.06. The fraction of sp³-hybridized carbons (Fsp3) is 0.556. The molecule has 0 amide bonds. The smallest absolute Gasteiger partial charge is 0.358 e. The van der Waals surface area contributed by atoms with E-state index in [0.717, 1.165) is 13.0 Å². The molecule has 1 heterocycles. The van der Waals surface area contributed by atoms with Gasteiger partial charge in [-0.05, 0) is 20.0 Å². The molecule has 14 heavy (non-hydrogen) atoms. The van der Waals surface area contributed by atoms with Crippen molar-refractivity contribution >= 4 is 5.97 Å². The number of aromatic nitrogens is 1. The summed E-state index contributed by atoms with van der Waals surface area (Å²) < 4.78 is 4.87. The summed E-state index contributed by atoms with van der Waals surface area (Å²) in [6.07, 6.45) is 1.05. The molecule has 1 aromatic rings. The van der Waals surface area contributed by atoms with Crippen molar-refractivity contribution in [2.24, 2.45) is 0 Å². The highest BCUT2D eigenvalue weighted by molar-refractivity contribution is 5.85. The fourth-order valence-electron chi connectivity index (χ4n) is 1.22. The van der Waals surface area contributed by atoms with Gasteiger partial charge in [-0.15, -0.1) is 0 Å². The third kappa shape index (κ3) is 2.85. The summed E-state index contributed by atoms with van der Waals surface area (Å²) in [5, 5.41) is 12.0. The van der Waals surface area contributed by atoms with Crippen molar-refractivity contribution in [2.75, 3.05) is 13.6 Å². The fourth-order valence-corrected chi connectivity index (χ4v) is 1.22. The lowest BCUT2D eigenvalue weighted by Gasteiger charge is -2.12. The van der Waals surface area contributed by atoms with Gasteiger partial charge in [0.25, 0.3) is 0 Å². The molecule has 0 radical (unpaired) electrons. The Morgan fingerprint density at radius 3 is 2.93 bits per heavy atom. The van der Waals surface area contributed by atoms with Crippen molar-refractivity contribution in [3.8, 4) is 0 Å². The zero-order valence-electron chi connectivity index (χ0n) is 8.36. The van der Waals surface area contributed by atoms with Gasteiger partial charge in [0.15, 0.2) is 11.5 Å². The molecule has 0 bridgehead atoms. The van der Waals surface area contributed by atoms with Gasteiger partial charge < -0.3 is 9.63 Å². The van der Waals surface area contributed by atoms with Crippen LogP contribution in [-0.4, -0.2) is 34.7 Å². The molecule has 0 saturated carbocycles. The molecule has 0 spiro atoms. The van der Waals surface area contributed by atoms with E-state index < -0.39 is 5.97 Å². The summed E-state index contributed by atoms with van der Waals surface area (Å²) in [5.41, 5.74) is -0.0371. The Morgan fingerprint density at radius 1 is 1.71 bits per heavy atom. The molecule has 1 aromatic heterocycles. The molecule has 0 saturated heterocycles. The first-order chi connectivity index (χ1) is 6.63. The van der Waals surface area contributed by atoms with Gasteiger partial charge in [-0.3, -0.25) is 4.90 Å². The van der Waals surface area contributed by atoms with Crippen molar-refractivity contribution in [3.05, 3.63) is 17.5 Å². The first-order valence-electron chi connectivity index (χ1n) is 4.51. The zero-order valence-corrected chi connectivity index (χ0v) is 8.36. The SMILES string of the molecule is CCCN(C)Cc1cc(C(=O)O)no1. The Balaban J connectivity index is 2.55. The van der Waals surface area contributed by atoms with Crippen LogP contribution >= 0.6 is 0 Å². The van der Waals surface area contributed by atoms with Crippen LogP contribution < -0.4 is 0 Å². The monoisotopic (exact) mass is 198 g/mol. The second-order valence-corrected chi connectivity index (χ2v) is 3.22. The molecule has 78 valence electrons. The Morgan fingerprint density at radius 2 is 2.43 bits per heavy atom. The van der Waals surface area contributed by atoms with E-state index >= 15 is 0 Å². The van der Waals surface area contributed by atoms with Crippen LogP contribution in [0.4, 0.5) is 0 Å². The number of rotatable bonds is 5. The summed E-state index contributed by atoms with van der Waals surface area (Å²) >= 11 is 0. The lowest BCUT2D eigenvalue weighted by atomic mass is 10.3. The minimum absolute atomic E-state index is 0.0371. The molecule has 1 rings (SSSR count). The van der Waals surface area contributed by atoms with Crippen molar-refractivity contribution < 1.29 is 14.4 Å². The maximum absolute atomic E-state index is 10.5. The lowest BCUT2D eigenvalue weighted by Crippen LogP contribution is -2.17. The average molecular weight is 198 g/mol. The number of hydrogen-bond acceptors (Lipinski definition) is 4. The number of aromatic carboxylic acids is 1. The second-order valence-electron chi connectivity index (χ2n) is 3.22. The highest BCUT2D eigenvalue weighted by atomic mass is 16.5. The summed E-state index contributed by atoms with van der Waals surface area (Å²) in [7, 11) is 1.95. The molecule has 0 aromatic carbocycles. The van der Waals surface area contributed by atoms with E-state index in [1.807, 2.05) is 11.9 Å². The Bertz CT molecular complexity index is 309. The van der Waals surface area contributed by atoms with Crippen molar-refractivity contribution in [3.63, 3.8) is 0 Å². The zero-order chi connectivity index (χ0) is 10.6. The van der Waals surface area contributed by atoms with Gasteiger partial charge in [0, 0.05) is 6.07 Å². The summed E-state index contributed by atoms with van der Waals surface area (Å²) in [6, 6.07) is 1.45. The van der Waals surface area contributed by atoms with Gasteiger partial charge in [0.2, 0.25) is 0 Å². The van der Waals surface area contributed by atoms with Gasteiger partial charge >= 0.3 is 5.97 Å². The van der Waals surface area contributed by atoms with Gasteiger partial charge in [-0.1, -0.05) is 12.1 Å². The van der Waals surface area contributed by atoms with Crippen LogP contribution in [0, 0.1) is 0 Å². The van der Waals surface area contributed by atoms with E-state index in [4.69, 9.17) is 9.63 Å². The van der Waals surface area contributed by atoms with Crippen molar-refractivity contribution in [2.45, 2.75) is 19.9 Å². The molecule has 0 aliphatic heterocycles. The van der Waals surface area contributed by atoms with Crippen LogP contribution in [-0.2, 0) is 6.54 Å². The van der Waals surface area contributed by atoms with Gasteiger partial charge in [0.05, 0.1) is 6.54 Å². The van der Waals surface area contributed by atoms with Gasteiger partial charge in [-0.2, -0.15) is 0 Å². The number of carbonyl (C=O) groups is 1. The van der Waals surface area contributed by atoms with E-state index in [2.05, 4.69) is 12.1 Å². The molecule has 5 heteroatoms. The molecular weight excluding hydrogens is 184 g/mol. The Labute approximate surface area is 82.3 Å². The predicted molar refractivity (Wildman–Crippen MR) is 50.1 cm³/mol. The average Bonchev–Trinajstić information content (AvgIpc) is 2.53. The quantitative estimate of drug-likeness (QED) is 0.770. The molecule has 0 aliphatic carbocycles. The lowest BCUT2D eigenvalue weighted by molar-refractivity contribution is 0.0685. The van der Waals surface area contributed by atoms with Gasteiger partial charge in [0.1, 0.15) is 0 Å². The first kappa shape index (κ1) is 10.7. The summed E-state index contributed by atoms with van der Waals surface area (Å²) in [5.74, 6) is -0.475. The van der Waals surface area contributed by atoms with Crippen LogP contribution in [0.5, 0.6) is 0 Å². The maximum Gasteiger partial charge on any atom is 0.358 e. The first-order valence-corrected chi connectivity index (χ1v) is 4.51. The standard InChI is InChI=1S/C9H14N2O3/c1-3-4-11(2)6-7-5-8(9(12)13)10-14-7/h5H,3-4,6H2,1-2H3,(H,12,13). The minimum atomic E-state index is -1.06. The molecule has 1 N–H and O–H groups in total. The molecule has 0 fully saturated rings. The van der Waals surface area contributed by atoms with E-state index in [-0.39, 0.29) is 5.69 Å². The molecule has 0 aliphatic rings. The van der Waals surface area contributed by atoms with Gasteiger partial charge in [-0.25, -0.2) is 4.79 Å². The van der Waals surface area contributed by atoms with E-state index in [1.165, 1.54) is 6.07 Å². The molecule has 5 nitrogen and oxygen atoms in total. The Kier molecular flexibility index (Phi) is 3.64. The topological polar surface area (TPSA) is 66.6 Å². The second kappa shape index (κ2) is 4.76. The number of nitrogens with zero attached hydrogens (tertiary/aromatic N) is 2. The number of carboxylic acids is 1. The van der Waals surface area contributed by atoms with Crippen LogP contribution in [0.15, 0.2) is 10.6 Å². The summed E-state index contributed by atoms with van der Waals surface area (Å²) in [4.78, 5) is 12.5. The maximum atomic E-state index is 10.5. The molecule has 0 atom stereocenters. The normalized spacial score (nSPS) is 10.8. The summed E-state index contributed by atoms with van der Waals surface area (Å²) in [6.45, 7) is 3.62.